The van der Waals surface area contributed by atoms with Crippen LogP contribution in [0.5, 0.6) is 5.75 Å². The molecule has 1 heterocycles. The van der Waals surface area contributed by atoms with E-state index >= 15 is 0 Å². The molecule has 1 aromatic carbocycles. The van der Waals surface area contributed by atoms with Crippen molar-refractivity contribution in [3.05, 3.63) is 30.1 Å². The molecule has 0 amide bonds. The maximum Gasteiger partial charge on any atom is 0.158 e. The van der Waals surface area contributed by atoms with Crippen LogP contribution in [0.4, 0.5) is 0 Å². The van der Waals surface area contributed by atoms with Crippen LogP contribution < -0.4 is 4.74 Å². The van der Waals surface area contributed by atoms with Crippen molar-refractivity contribution in [1.29, 1.82) is 0 Å². The Balaban J connectivity index is 2.37. The van der Waals surface area contributed by atoms with Gasteiger partial charge in [-0.05, 0) is 22.6 Å². The van der Waals surface area contributed by atoms with Gasteiger partial charge in [-0.15, -0.1) is 5.10 Å². The van der Waals surface area contributed by atoms with Gasteiger partial charge in [0.2, 0.25) is 0 Å². The van der Waals surface area contributed by atoms with Crippen molar-refractivity contribution < 1.29 is 9.84 Å². The van der Waals surface area contributed by atoms with Gasteiger partial charge in [-0.1, -0.05) is 6.07 Å². The zero-order valence-corrected chi connectivity index (χ0v) is 8.87. The molecule has 16 heavy (non-hydrogen) atoms. The van der Waals surface area contributed by atoms with Gasteiger partial charge >= 0.3 is 0 Å². The number of hydrogen-bond donors (Lipinski definition) is 1. The Bertz CT molecular complexity index is 469. The fraction of sp³-hybridized carbons (Fsp3) is 0.300. The van der Waals surface area contributed by atoms with E-state index in [1.54, 1.807) is 11.8 Å². The first kappa shape index (κ1) is 10.6. The zero-order valence-electron chi connectivity index (χ0n) is 8.87. The summed E-state index contributed by atoms with van der Waals surface area (Å²) >= 11 is 0. The number of aliphatic hydroxyl groups is 1. The van der Waals surface area contributed by atoms with Crippen molar-refractivity contribution in [2.75, 3.05) is 13.7 Å². The van der Waals surface area contributed by atoms with Crippen molar-refractivity contribution >= 4 is 0 Å². The third kappa shape index (κ3) is 2.01. The molecule has 0 bridgehead atoms. The summed E-state index contributed by atoms with van der Waals surface area (Å²) in [5.74, 6) is 1.36. The molecule has 0 fully saturated rings. The van der Waals surface area contributed by atoms with Gasteiger partial charge in [0, 0.05) is 12.5 Å². The summed E-state index contributed by atoms with van der Waals surface area (Å²) in [5.41, 5.74) is 0.813. The van der Waals surface area contributed by atoms with Crippen molar-refractivity contribution in [3.8, 4) is 11.4 Å². The highest BCUT2D eigenvalue weighted by atomic mass is 16.5. The maximum atomic E-state index is 8.88. The molecule has 2 aromatic rings. The van der Waals surface area contributed by atoms with Crippen LogP contribution in [0.15, 0.2) is 24.3 Å². The summed E-state index contributed by atoms with van der Waals surface area (Å²) < 4.78 is 6.70. The molecule has 0 unspecified atom stereocenters. The van der Waals surface area contributed by atoms with Gasteiger partial charge < -0.3 is 9.84 Å². The molecule has 6 heteroatoms. The Labute approximate surface area is 92.5 Å². The number of benzene rings is 1. The van der Waals surface area contributed by atoms with Crippen LogP contribution >= 0.6 is 0 Å². The van der Waals surface area contributed by atoms with Gasteiger partial charge in [0.15, 0.2) is 5.82 Å². The minimum absolute atomic E-state index is 0.0182. The molecular weight excluding hydrogens is 208 g/mol. The third-order valence-corrected chi connectivity index (χ3v) is 2.17. The lowest BCUT2D eigenvalue weighted by Crippen LogP contribution is -2.05. The van der Waals surface area contributed by atoms with Crippen LogP contribution in [0.3, 0.4) is 0 Å². The average Bonchev–Trinajstić information content (AvgIpc) is 2.78. The van der Waals surface area contributed by atoms with Crippen LogP contribution in [0.2, 0.25) is 0 Å². The smallest absolute Gasteiger partial charge is 0.158 e. The van der Waals surface area contributed by atoms with Gasteiger partial charge in [-0.3, -0.25) is 0 Å². The highest BCUT2D eigenvalue weighted by molar-refractivity contribution is 5.38. The lowest BCUT2D eigenvalue weighted by atomic mass is 10.3. The summed E-state index contributed by atoms with van der Waals surface area (Å²) in [6.07, 6.45) is 0.421. The van der Waals surface area contributed by atoms with Crippen molar-refractivity contribution in [3.63, 3.8) is 0 Å². The summed E-state index contributed by atoms with van der Waals surface area (Å²) in [4.78, 5) is 0. The number of tetrazole rings is 1. The normalized spacial score (nSPS) is 10.4. The molecule has 6 nitrogen and oxygen atoms in total. The predicted octanol–water partition coefficient (Wildman–Crippen LogP) is 0.206. The third-order valence-electron chi connectivity index (χ3n) is 2.17. The van der Waals surface area contributed by atoms with E-state index in [4.69, 9.17) is 9.84 Å². The van der Waals surface area contributed by atoms with E-state index in [1.165, 1.54) is 0 Å². The molecule has 0 spiro atoms. The molecule has 0 aliphatic heterocycles. The summed E-state index contributed by atoms with van der Waals surface area (Å²) in [7, 11) is 1.60. The minimum atomic E-state index is 0.0182. The molecule has 0 atom stereocenters. The van der Waals surface area contributed by atoms with E-state index in [9.17, 15) is 0 Å². The SMILES string of the molecule is COc1cccc(-n2nnnc2CCO)c1. The Kier molecular flexibility index (Phi) is 3.11. The van der Waals surface area contributed by atoms with Crippen molar-refractivity contribution in [2.45, 2.75) is 6.42 Å². The van der Waals surface area contributed by atoms with Crippen molar-refractivity contribution in [2.24, 2.45) is 0 Å². The van der Waals surface area contributed by atoms with Crippen LogP contribution in [0, 0.1) is 0 Å². The molecular formula is C10H12N4O2. The number of ether oxygens (including phenoxy) is 1. The maximum absolute atomic E-state index is 8.88. The number of aromatic nitrogens is 4. The van der Waals surface area contributed by atoms with E-state index < -0.39 is 0 Å². The standard InChI is InChI=1S/C10H12N4O2/c1-16-9-4-2-3-8(7-9)14-10(5-6-15)11-12-13-14/h2-4,7,15H,5-6H2,1H3. The largest absolute Gasteiger partial charge is 0.497 e. The van der Waals surface area contributed by atoms with Crippen LogP contribution in [-0.2, 0) is 6.42 Å². The van der Waals surface area contributed by atoms with E-state index in [1.807, 2.05) is 24.3 Å². The minimum Gasteiger partial charge on any atom is -0.497 e. The number of hydrogen-bond acceptors (Lipinski definition) is 5. The predicted molar refractivity (Wildman–Crippen MR) is 56.5 cm³/mol. The molecule has 1 aromatic heterocycles. The van der Waals surface area contributed by atoms with Gasteiger partial charge in [0.05, 0.1) is 19.4 Å². The fourth-order valence-electron chi connectivity index (χ4n) is 1.40. The first-order chi connectivity index (χ1) is 7.85. The highest BCUT2D eigenvalue weighted by Gasteiger charge is 2.07. The lowest BCUT2D eigenvalue weighted by Gasteiger charge is -2.05. The summed E-state index contributed by atoms with van der Waals surface area (Å²) in [5, 5.41) is 20.2. The van der Waals surface area contributed by atoms with Crippen molar-refractivity contribution in [1.82, 2.24) is 20.2 Å². The molecule has 2 rings (SSSR count). The van der Waals surface area contributed by atoms with Gasteiger partial charge in [0.1, 0.15) is 5.75 Å². The molecule has 1 N–H and O–H groups in total. The summed E-state index contributed by atoms with van der Waals surface area (Å²) in [6, 6.07) is 7.41. The second-order valence-corrected chi connectivity index (χ2v) is 3.18. The van der Waals surface area contributed by atoms with Gasteiger partial charge in [-0.2, -0.15) is 4.68 Å². The lowest BCUT2D eigenvalue weighted by molar-refractivity contribution is 0.295. The number of aliphatic hydroxyl groups excluding tert-OH is 1. The van der Waals surface area contributed by atoms with E-state index in [2.05, 4.69) is 15.5 Å². The first-order valence-corrected chi connectivity index (χ1v) is 4.87. The number of methoxy groups -OCH3 is 1. The first-order valence-electron chi connectivity index (χ1n) is 4.87. The Morgan fingerprint density at radius 2 is 2.31 bits per heavy atom. The van der Waals surface area contributed by atoms with E-state index in [-0.39, 0.29) is 6.61 Å². The molecule has 84 valence electrons. The van der Waals surface area contributed by atoms with E-state index in [0.29, 0.717) is 12.2 Å². The zero-order chi connectivity index (χ0) is 11.4. The molecule has 0 radical (unpaired) electrons. The van der Waals surface area contributed by atoms with Gasteiger partial charge in [0.25, 0.3) is 0 Å². The second kappa shape index (κ2) is 4.71. The highest BCUT2D eigenvalue weighted by Crippen LogP contribution is 2.16. The Morgan fingerprint density at radius 3 is 3.06 bits per heavy atom. The molecule has 0 saturated heterocycles. The monoisotopic (exact) mass is 220 g/mol. The summed E-state index contributed by atoms with van der Waals surface area (Å²) in [6.45, 7) is 0.0182. The average molecular weight is 220 g/mol. The molecule has 0 saturated carbocycles. The van der Waals surface area contributed by atoms with E-state index in [0.717, 1.165) is 11.4 Å². The quantitative estimate of drug-likeness (QED) is 0.797. The number of rotatable bonds is 4. The topological polar surface area (TPSA) is 73.1 Å². The van der Waals surface area contributed by atoms with Crippen LogP contribution in [0.1, 0.15) is 5.82 Å². The molecule has 0 aliphatic rings. The van der Waals surface area contributed by atoms with Gasteiger partial charge in [-0.25, -0.2) is 0 Å². The Morgan fingerprint density at radius 1 is 1.44 bits per heavy atom. The van der Waals surface area contributed by atoms with Crippen LogP contribution in [0.25, 0.3) is 5.69 Å². The fourth-order valence-corrected chi connectivity index (χ4v) is 1.40. The number of nitrogens with zero attached hydrogens (tertiary/aromatic N) is 4. The second-order valence-electron chi connectivity index (χ2n) is 3.18. The molecule has 0 aliphatic carbocycles. The van der Waals surface area contributed by atoms with Crippen LogP contribution in [-0.4, -0.2) is 39.0 Å². The Hall–Kier alpha value is -1.95.